The Bertz CT molecular complexity index is 834. The molecule has 0 fully saturated rings. The minimum Gasteiger partial charge on any atom is -0.479 e. The molecule has 2 rings (SSSR count). The van der Waals surface area contributed by atoms with E-state index in [2.05, 4.69) is 0 Å². The molecule has 0 aromatic heterocycles. The first-order chi connectivity index (χ1) is 13.2. The third-order valence-electron chi connectivity index (χ3n) is 4.58. The van der Waals surface area contributed by atoms with Gasteiger partial charge in [-0.2, -0.15) is 0 Å². The lowest BCUT2D eigenvalue weighted by Gasteiger charge is -2.35. The Morgan fingerprint density at radius 1 is 0.821 bits per heavy atom. The molecule has 1 atom stereocenters. The predicted molar refractivity (Wildman–Crippen MR) is 101 cm³/mol. The molecule has 0 bridgehead atoms. The fourth-order valence-electron chi connectivity index (χ4n) is 2.51. The van der Waals surface area contributed by atoms with Crippen molar-refractivity contribution in [3.8, 4) is 0 Å². The van der Waals surface area contributed by atoms with Gasteiger partial charge >= 0.3 is 17.9 Å². The number of carbonyl (C=O) groups excluding carboxylic acids is 2. The molecule has 0 aliphatic rings. The van der Waals surface area contributed by atoms with Crippen molar-refractivity contribution in [3.63, 3.8) is 0 Å². The van der Waals surface area contributed by atoms with E-state index in [1.807, 2.05) is 6.07 Å². The first kappa shape index (κ1) is 21.1. The van der Waals surface area contributed by atoms with Crippen LogP contribution in [0.2, 0.25) is 0 Å². The maximum atomic E-state index is 12.6. The summed E-state index contributed by atoms with van der Waals surface area (Å²) in [5, 5.41) is 9.64. The highest BCUT2D eigenvalue weighted by molar-refractivity contribution is 6.09. The normalized spacial score (nSPS) is 13.2. The third kappa shape index (κ3) is 4.37. The summed E-state index contributed by atoms with van der Waals surface area (Å²) in [6, 6.07) is 17.6. The van der Waals surface area contributed by atoms with Gasteiger partial charge in [-0.1, -0.05) is 60.7 Å². The van der Waals surface area contributed by atoms with E-state index in [4.69, 9.17) is 15.2 Å². The molecular weight excluding hydrogens is 362 g/mol. The third-order valence-corrected chi connectivity index (χ3v) is 4.58. The molecule has 7 heteroatoms. The van der Waals surface area contributed by atoms with Gasteiger partial charge in [-0.25, -0.2) is 9.59 Å². The van der Waals surface area contributed by atoms with E-state index in [-0.39, 0.29) is 13.2 Å². The van der Waals surface area contributed by atoms with Crippen LogP contribution in [0.3, 0.4) is 0 Å². The second-order valence-electron chi connectivity index (χ2n) is 6.86. The number of aliphatic carboxylic acids is 1. The topological polar surface area (TPSA) is 116 Å². The lowest BCUT2D eigenvalue weighted by Crippen LogP contribution is -2.67. The predicted octanol–water partition coefficient (Wildman–Crippen LogP) is 2.28. The molecule has 0 radical (unpaired) electrons. The van der Waals surface area contributed by atoms with Crippen molar-refractivity contribution >= 4 is 17.9 Å². The van der Waals surface area contributed by atoms with Gasteiger partial charge in [0.15, 0.2) is 0 Å². The van der Waals surface area contributed by atoms with Gasteiger partial charge in [0.25, 0.3) is 0 Å². The summed E-state index contributed by atoms with van der Waals surface area (Å²) in [4.78, 5) is 37.0. The van der Waals surface area contributed by atoms with Gasteiger partial charge in [-0.05, 0) is 25.0 Å². The van der Waals surface area contributed by atoms with Crippen molar-refractivity contribution in [3.05, 3.63) is 71.8 Å². The zero-order valence-electron chi connectivity index (χ0n) is 15.8. The zero-order valence-corrected chi connectivity index (χ0v) is 15.8. The van der Waals surface area contributed by atoms with E-state index in [9.17, 15) is 19.5 Å². The molecule has 0 saturated carbocycles. The van der Waals surface area contributed by atoms with Crippen molar-refractivity contribution in [2.24, 2.45) is 11.1 Å². The van der Waals surface area contributed by atoms with Crippen molar-refractivity contribution in [2.45, 2.75) is 32.6 Å². The van der Waals surface area contributed by atoms with E-state index >= 15 is 0 Å². The smallest absolute Gasteiger partial charge is 0.339 e. The Balaban J connectivity index is 2.14. The van der Waals surface area contributed by atoms with E-state index in [1.54, 1.807) is 54.6 Å². The molecule has 148 valence electrons. The SMILES string of the molecule is CC(C)(C(=O)OCc1ccccc1)[C@](N)(C(=O)O)C(=O)OCc1ccccc1. The quantitative estimate of drug-likeness (QED) is 0.529. The van der Waals surface area contributed by atoms with E-state index in [0.717, 1.165) is 5.56 Å². The fraction of sp³-hybridized carbons (Fsp3) is 0.286. The Hall–Kier alpha value is -3.19. The zero-order chi connectivity index (χ0) is 20.8. The molecule has 0 heterocycles. The van der Waals surface area contributed by atoms with Crippen LogP contribution in [-0.2, 0) is 37.1 Å². The number of rotatable bonds is 8. The van der Waals surface area contributed by atoms with Crippen LogP contribution < -0.4 is 5.73 Å². The van der Waals surface area contributed by atoms with Crippen LogP contribution in [0.25, 0.3) is 0 Å². The number of carboxylic acid groups (broad SMARTS) is 1. The van der Waals surface area contributed by atoms with Gasteiger partial charge in [0.1, 0.15) is 18.6 Å². The largest absolute Gasteiger partial charge is 0.479 e. The fourth-order valence-corrected chi connectivity index (χ4v) is 2.51. The summed E-state index contributed by atoms with van der Waals surface area (Å²) in [5.74, 6) is -3.81. The molecule has 3 N–H and O–H groups in total. The highest BCUT2D eigenvalue weighted by Gasteiger charge is 2.60. The first-order valence-corrected chi connectivity index (χ1v) is 8.64. The number of esters is 2. The Morgan fingerprint density at radius 3 is 1.61 bits per heavy atom. The summed E-state index contributed by atoms with van der Waals surface area (Å²) < 4.78 is 10.3. The lowest BCUT2D eigenvalue weighted by atomic mass is 9.72. The Kier molecular flexibility index (Phi) is 6.53. The van der Waals surface area contributed by atoms with Gasteiger partial charge < -0.3 is 20.3 Å². The standard InChI is InChI=1S/C21H23NO6/c1-20(2,18(25)27-13-15-9-5-3-6-10-15)21(22,17(23)24)19(26)28-14-16-11-7-4-8-12-16/h3-12H,13-14,22H2,1-2H3,(H,23,24)/t21-/m0/s1. The molecule has 7 nitrogen and oxygen atoms in total. The molecule has 0 saturated heterocycles. The van der Waals surface area contributed by atoms with Crippen molar-refractivity contribution in [1.29, 1.82) is 0 Å². The summed E-state index contributed by atoms with van der Waals surface area (Å²) >= 11 is 0. The van der Waals surface area contributed by atoms with E-state index in [0.29, 0.717) is 5.56 Å². The number of nitrogens with two attached hydrogens (primary N) is 1. The summed E-state index contributed by atoms with van der Waals surface area (Å²) in [7, 11) is 0. The van der Waals surface area contributed by atoms with Gasteiger partial charge in [-0.15, -0.1) is 0 Å². The number of carbonyl (C=O) groups is 3. The Morgan fingerprint density at radius 2 is 1.21 bits per heavy atom. The molecule has 0 aliphatic carbocycles. The van der Waals surface area contributed by atoms with Gasteiger partial charge in [0, 0.05) is 0 Å². The molecule has 2 aromatic carbocycles. The van der Waals surface area contributed by atoms with E-state index in [1.165, 1.54) is 13.8 Å². The van der Waals surface area contributed by atoms with Gasteiger partial charge in [0.2, 0.25) is 5.54 Å². The minimum atomic E-state index is -2.62. The average Bonchev–Trinajstić information content (AvgIpc) is 2.70. The number of hydrogen-bond donors (Lipinski definition) is 2. The van der Waals surface area contributed by atoms with Crippen LogP contribution >= 0.6 is 0 Å². The number of carboxylic acids is 1. The summed E-state index contributed by atoms with van der Waals surface area (Å²) in [6.45, 7) is 2.26. The summed E-state index contributed by atoms with van der Waals surface area (Å²) in [5.41, 5.74) is 2.81. The van der Waals surface area contributed by atoms with Crippen LogP contribution in [0.5, 0.6) is 0 Å². The maximum absolute atomic E-state index is 12.6. The molecule has 0 spiro atoms. The van der Waals surface area contributed by atoms with Gasteiger partial charge in [0.05, 0.1) is 0 Å². The molecule has 28 heavy (non-hydrogen) atoms. The highest BCUT2D eigenvalue weighted by Crippen LogP contribution is 2.33. The van der Waals surface area contributed by atoms with Crippen LogP contribution in [-0.4, -0.2) is 28.6 Å². The molecule has 2 aromatic rings. The number of hydrogen-bond acceptors (Lipinski definition) is 6. The number of ether oxygens (including phenoxy) is 2. The summed E-state index contributed by atoms with van der Waals surface area (Å²) in [6.07, 6.45) is 0. The van der Waals surface area contributed by atoms with Crippen LogP contribution in [0.15, 0.2) is 60.7 Å². The van der Waals surface area contributed by atoms with Crippen LogP contribution in [0.1, 0.15) is 25.0 Å². The first-order valence-electron chi connectivity index (χ1n) is 8.64. The monoisotopic (exact) mass is 385 g/mol. The van der Waals surface area contributed by atoms with E-state index < -0.39 is 28.9 Å². The lowest BCUT2D eigenvalue weighted by molar-refractivity contribution is -0.179. The van der Waals surface area contributed by atoms with Crippen molar-refractivity contribution in [2.75, 3.05) is 0 Å². The van der Waals surface area contributed by atoms with Crippen molar-refractivity contribution in [1.82, 2.24) is 0 Å². The molecule has 0 amide bonds. The second kappa shape index (κ2) is 8.67. The van der Waals surface area contributed by atoms with Crippen LogP contribution in [0.4, 0.5) is 0 Å². The second-order valence-corrected chi connectivity index (χ2v) is 6.86. The van der Waals surface area contributed by atoms with Crippen molar-refractivity contribution < 1.29 is 29.0 Å². The highest BCUT2D eigenvalue weighted by atomic mass is 16.5. The van der Waals surface area contributed by atoms with Gasteiger partial charge in [-0.3, -0.25) is 4.79 Å². The minimum absolute atomic E-state index is 0.0716. The average molecular weight is 385 g/mol. The molecular formula is C21H23NO6. The maximum Gasteiger partial charge on any atom is 0.339 e. The molecule has 0 unspecified atom stereocenters. The number of benzene rings is 2. The Labute approximate surface area is 163 Å². The molecule has 0 aliphatic heterocycles. The van der Waals surface area contributed by atoms with Crippen LogP contribution in [0, 0.1) is 5.41 Å².